The topological polar surface area (TPSA) is 46.3 Å². The summed E-state index contributed by atoms with van der Waals surface area (Å²) in [7, 11) is 0. The Kier molecular flexibility index (Phi) is 4.96. The SMILES string of the molecule is CCCN1CCC(C(N)=O)(C2=C/C=C\C=C/C=C\2)CC1. The molecule has 3 heteroatoms. The summed E-state index contributed by atoms with van der Waals surface area (Å²) in [6.07, 6.45) is 16.7. The summed E-state index contributed by atoms with van der Waals surface area (Å²) in [6, 6.07) is 0. The second kappa shape index (κ2) is 6.71. The molecule has 1 heterocycles. The van der Waals surface area contributed by atoms with Crippen LogP contribution in [0.15, 0.2) is 48.1 Å². The van der Waals surface area contributed by atoms with Crippen molar-refractivity contribution in [3.63, 3.8) is 0 Å². The maximum absolute atomic E-state index is 12.1. The fourth-order valence-electron chi connectivity index (χ4n) is 3.04. The van der Waals surface area contributed by atoms with Gasteiger partial charge in [0.25, 0.3) is 0 Å². The number of amides is 1. The molecule has 0 atom stereocenters. The van der Waals surface area contributed by atoms with Crippen LogP contribution in [-0.2, 0) is 4.79 Å². The third-order valence-corrected chi connectivity index (χ3v) is 4.27. The molecule has 1 aliphatic heterocycles. The van der Waals surface area contributed by atoms with Crippen LogP contribution in [-0.4, -0.2) is 30.4 Å². The number of carbonyl (C=O) groups is 1. The predicted octanol–water partition coefficient (Wildman–Crippen LogP) is 2.57. The Morgan fingerprint density at radius 2 is 1.85 bits per heavy atom. The summed E-state index contributed by atoms with van der Waals surface area (Å²) in [4.78, 5) is 14.5. The fourth-order valence-corrected chi connectivity index (χ4v) is 3.04. The molecule has 0 radical (unpaired) electrons. The van der Waals surface area contributed by atoms with Gasteiger partial charge in [0, 0.05) is 0 Å². The second-order valence-corrected chi connectivity index (χ2v) is 5.54. The van der Waals surface area contributed by atoms with Crippen molar-refractivity contribution < 1.29 is 4.79 Å². The molecule has 0 aromatic carbocycles. The summed E-state index contributed by atoms with van der Waals surface area (Å²) in [5, 5.41) is 0. The minimum Gasteiger partial charge on any atom is -0.369 e. The second-order valence-electron chi connectivity index (χ2n) is 5.54. The van der Waals surface area contributed by atoms with Crippen LogP contribution in [0, 0.1) is 5.41 Å². The molecular weight excluding hydrogens is 248 g/mol. The number of hydrogen-bond acceptors (Lipinski definition) is 2. The van der Waals surface area contributed by atoms with Gasteiger partial charge in [-0.3, -0.25) is 4.79 Å². The first-order valence-electron chi connectivity index (χ1n) is 7.43. The van der Waals surface area contributed by atoms with E-state index in [1.807, 2.05) is 42.5 Å². The zero-order valence-corrected chi connectivity index (χ0v) is 12.2. The highest BCUT2D eigenvalue weighted by Gasteiger charge is 2.41. The Balaban J connectivity index is 2.21. The van der Waals surface area contributed by atoms with Gasteiger partial charge in [-0.2, -0.15) is 0 Å². The Labute approximate surface area is 121 Å². The van der Waals surface area contributed by atoms with Gasteiger partial charge in [0.2, 0.25) is 5.91 Å². The van der Waals surface area contributed by atoms with Crippen molar-refractivity contribution in [2.24, 2.45) is 11.1 Å². The molecule has 108 valence electrons. The van der Waals surface area contributed by atoms with E-state index in [1.54, 1.807) is 0 Å². The Morgan fingerprint density at radius 3 is 2.50 bits per heavy atom. The number of nitrogens with zero attached hydrogens (tertiary/aromatic N) is 1. The molecule has 0 spiro atoms. The van der Waals surface area contributed by atoms with Gasteiger partial charge in [-0.25, -0.2) is 0 Å². The molecule has 1 saturated heterocycles. The molecule has 2 aliphatic rings. The molecular formula is C17H24N2O. The molecule has 2 rings (SSSR count). The predicted molar refractivity (Wildman–Crippen MR) is 83.1 cm³/mol. The maximum Gasteiger partial charge on any atom is 0.228 e. The summed E-state index contributed by atoms with van der Waals surface area (Å²) in [5.41, 5.74) is 6.31. The van der Waals surface area contributed by atoms with Gasteiger partial charge in [0.1, 0.15) is 0 Å². The van der Waals surface area contributed by atoms with Crippen molar-refractivity contribution in [1.29, 1.82) is 0 Å². The number of nitrogens with two attached hydrogens (primary N) is 1. The molecule has 0 saturated carbocycles. The molecule has 1 fully saturated rings. The first-order valence-corrected chi connectivity index (χ1v) is 7.43. The van der Waals surface area contributed by atoms with Gasteiger partial charge in [-0.1, -0.05) is 49.5 Å². The van der Waals surface area contributed by atoms with Crippen LogP contribution < -0.4 is 5.73 Å². The maximum atomic E-state index is 12.1. The summed E-state index contributed by atoms with van der Waals surface area (Å²) in [5.74, 6) is -0.192. The largest absolute Gasteiger partial charge is 0.369 e. The summed E-state index contributed by atoms with van der Waals surface area (Å²) >= 11 is 0. The van der Waals surface area contributed by atoms with Crippen LogP contribution in [0.25, 0.3) is 0 Å². The molecule has 1 aliphatic carbocycles. The van der Waals surface area contributed by atoms with Crippen LogP contribution in [0.2, 0.25) is 0 Å². The van der Waals surface area contributed by atoms with Crippen molar-refractivity contribution in [2.75, 3.05) is 19.6 Å². The molecule has 20 heavy (non-hydrogen) atoms. The number of hydrogen-bond donors (Lipinski definition) is 1. The smallest absolute Gasteiger partial charge is 0.228 e. The van der Waals surface area contributed by atoms with Gasteiger partial charge in [-0.15, -0.1) is 0 Å². The van der Waals surface area contributed by atoms with Gasteiger partial charge in [0.05, 0.1) is 5.41 Å². The molecule has 2 N–H and O–H groups in total. The lowest BCUT2D eigenvalue weighted by atomic mass is 9.71. The number of allylic oxidation sites excluding steroid dienone is 7. The third kappa shape index (κ3) is 3.10. The fraction of sp³-hybridized carbons (Fsp3) is 0.471. The van der Waals surface area contributed by atoms with E-state index in [9.17, 15) is 4.79 Å². The van der Waals surface area contributed by atoms with Crippen molar-refractivity contribution in [2.45, 2.75) is 26.2 Å². The van der Waals surface area contributed by atoms with Crippen LogP contribution >= 0.6 is 0 Å². The van der Waals surface area contributed by atoms with Crippen LogP contribution in [0.1, 0.15) is 26.2 Å². The van der Waals surface area contributed by atoms with Gasteiger partial charge in [-0.05, 0) is 44.5 Å². The average molecular weight is 272 g/mol. The summed E-state index contributed by atoms with van der Waals surface area (Å²) < 4.78 is 0. The standard InChI is InChI=1S/C17H24N2O/c1-2-12-19-13-10-17(11-14-19,16(18)20)15-8-6-4-3-5-7-9-15/h3-9H,2,10-14H2,1H3,(H2,18,20)/b4-3-,5-3?,6-4?,7-5-,8-6-,9-7?,15-8?,15-9+. The number of primary amides is 1. The van der Waals surface area contributed by atoms with E-state index in [1.165, 1.54) is 0 Å². The van der Waals surface area contributed by atoms with Crippen molar-refractivity contribution in [3.8, 4) is 0 Å². The molecule has 0 bridgehead atoms. The highest BCUT2D eigenvalue weighted by molar-refractivity contribution is 5.85. The Bertz CT molecular complexity index is 463. The van der Waals surface area contributed by atoms with Gasteiger partial charge >= 0.3 is 0 Å². The highest BCUT2D eigenvalue weighted by Crippen LogP contribution is 2.39. The van der Waals surface area contributed by atoms with E-state index in [2.05, 4.69) is 11.8 Å². The quantitative estimate of drug-likeness (QED) is 0.855. The third-order valence-electron chi connectivity index (χ3n) is 4.27. The molecule has 0 aromatic rings. The number of carbonyl (C=O) groups excluding carboxylic acids is 1. The molecule has 3 nitrogen and oxygen atoms in total. The number of piperidine rings is 1. The van der Waals surface area contributed by atoms with Gasteiger partial charge in [0.15, 0.2) is 0 Å². The van der Waals surface area contributed by atoms with Crippen LogP contribution in [0.4, 0.5) is 0 Å². The molecule has 0 aromatic heterocycles. The zero-order chi connectivity index (χ0) is 14.4. The zero-order valence-electron chi connectivity index (χ0n) is 12.2. The Morgan fingerprint density at radius 1 is 1.20 bits per heavy atom. The number of rotatable bonds is 4. The van der Waals surface area contributed by atoms with E-state index in [0.717, 1.165) is 44.5 Å². The minimum atomic E-state index is -0.504. The first-order chi connectivity index (χ1) is 9.69. The van der Waals surface area contributed by atoms with Crippen LogP contribution in [0.3, 0.4) is 0 Å². The van der Waals surface area contributed by atoms with Crippen molar-refractivity contribution in [1.82, 2.24) is 4.90 Å². The average Bonchev–Trinajstić information content (AvgIpc) is 2.40. The lowest BCUT2D eigenvalue weighted by Gasteiger charge is -2.40. The van der Waals surface area contributed by atoms with E-state index < -0.39 is 5.41 Å². The van der Waals surface area contributed by atoms with Crippen LogP contribution in [0.5, 0.6) is 0 Å². The monoisotopic (exact) mass is 272 g/mol. The highest BCUT2D eigenvalue weighted by atomic mass is 16.1. The lowest BCUT2D eigenvalue weighted by molar-refractivity contribution is -0.127. The van der Waals surface area contributed by atoms with Gasteiger partial charge < -0.3 is 10.6 Å². The normalized spacial score (nSPS) is 29.6. The first kappa shape index (κ1) is 14.8. The summed E-state index contributed by atoms with van der Waals surface area (Å²) in [6.45, 7) is 5.18. The minimum absolute atomic E-state index is 0.192. The number of likely N-dealkylation sites (tertiary alicyclic amines) is 1. The van der Waals surface area contributed by atoms with E-state index in [-0.39, 0.29) is 5.91 Å². The van der Waals surface area contributed by atoms with E-state index in [0.29, 0.717) is 0 Å². The Hall–Kier alpha value is -1.61. The molecule has 0 unspecified atom stereocenters. The van der Waals surface area contributed by atoms with E-state index in [4.69, 9.17) is 5.73 Å². The van der Waals surface area contributed by atoms with Crippen molar-refractivity contribution in [3.05, 3.63) is 48.1 Å². The lowest BCUT2D eigenvalue weighted by Crippen LogP contribution is -2.48. The molecule has 1 amide bonds. The van der Waals surface area contributed by atoms with Crippen molar-refractivity contribution >= 4 is 5.91 Å². The van der Waals surface area contributed by atoms with E-state index >= 15 is 0 Å².